The van der Waals surface area contributed by atoms with E-state index in [4.69, 9.17) is 0 Å². The van der Waals surface area contributed by atoms with Gasteiger partial charge in [-0.25, -0.2) is 22.0 Å². The molecule has 0 aliphatic heterocycles. The van der Waals surface area contributed by atoms with E-state index in [1.165, 1.54) is 38.5 Å². The highest BCUT2D eigenvalue weighted by molar-refractivity contribution is 5.66. The van der Waals surface area contributed by atoms with Crippen LogP contribution in [0.3, 0.4) is 0 Å². The van der Waals surface area contributed by atoms with Crippen molar-refractivity contribution in [1.29, 1.82) is 0 Å². The van der Waals surface area contributed by atoms with E-state index in [2.05, 4.69) is 11.7 Å². The van der Waals surface area contributed by atoms with Crippen molar-refractivity contribution in [2.24, 2.45) is 11.8 Å². The Labute approximate surface area is 184 Å². The van der Waals surface area contributed by atoms with Crippen LogP contribution in [0, 0.1) is 40.9 Å². The number of rotatable bonds is 6. The van der Waals surface area contributed by atoms with Gasteiger partial charge in [0.2, 0.25) is 0 Å². The van der Waals surface area contributed by atoms with Crippen LogP contribution in [-0.2, 0) is 0 Å². The lowest BCUT2D eigenvalue weighted by atomic mass is 9.79. The van der Waals surface area contributed by atoms with Crippen LogP contribution in [0.1, 0.15) is 51.9 Å². The average molecular weight is 466 g/mol. The summed E-state index contributed by atoms with van der Waals surface area (Å²) < 4.78 is 83.1. The van der Waals surface area contributed by atoms with Gasteiger partial charge in [0, 0.05) is 12.1 Å². The summed E-state index contributed by atoms with van der Waals surface area (Å²) in [5.41, 5.74) is -1.09. The van der Waals surface area contributed by atoms with Crippen molar-refractivity contribution in [2.45, 2.75) is 51.9 Å². The maximum Gasteiger partial charge on any atom is 0.190 e. The van der Waals surface area contributed by atoms with Gasteiger partial charge in [-0.2, -0.15) is 0 Å². The molecule has 0 atom stereocenters. The van der Waals surface area contributed by atoms with Crippen LogP contribution in [0.5, 0.6) is 5.75 Å². The first-order chi connectivity index (χ1) is 14.8. The zero-order valence-electron chi connectivity index (χ0n) is 18.2. The molecule has 2 aromatic rings. The Morgan fingerprint density at radius 1 is 0.781 bits per heavy atom. The lowest BCUT2D eigenvalue weighted by molar-refractivity contribution is 0.238. The molecule has 1 aliphatic rings. The molecule has 3 rings (SSSR count). The summed E-state index contributed by atoms with van der Waals surface area (Å²) in [6, 6.07) is 2.28. The fourth-order valence-electron chi connectivity index (χ4n) is 4.09. The van der Waals surface area contributed by atoms with E-state index in [9.17, 15) is 26.3 Å². The van der Waals surface area contributed by atoms with Gasteiger partial charge >= 0.3 is 0 Å². The van der Waals surface area contributed by atoms with Crippen molar-refractivity contribution in [2.75, 3.05) is 13.8 Å². The third-order valence-corrected chi connectivity index (χ3v) is 5.68. The van der Waals surface area contributed by atoms with Crippen molar-refractivity contribution >= 4 is 0 Å². The Hall–Kier alpha value is -2.25. The van der Waals surface area contributed by atoms with E-state index >= 15 is 0 Å². The summed E-state index contributed by atoms with van der Waals surface area (Å²) in [6.07, 6.45) is 8.82. The maximum absolute atomic E-state index is 13.5. The van der Waals surface area contributed by atoms with Crippen molar-refractivity contribution in [3.8, 4) is 16.9 Å². The number of methoxy groups -OCH3 is 1. The van der Waals surface area contributed by atoms with Crippen LogP contribution in [0.25, 0.3) is 11.1 Å². The second-order valence-corrected chi connectivity index (χ2v) is 7.87. The molecule has 0 aromatic heterocycles. The average Bonchev–Trinajstić information content (AvgIpc) is 2.69. The number of halogens is 7. The lowest BCUT2D eigenvalue weighted by Crippen LogP contribution is -2.14. The minimum atomic E-state index is -1.25. The van der Waals surface area contributed by atoms with E-state index in [0.29, 0.717) is 30.2 Å². The SMILES string of the molecule is CCCC1CCC(CCF)CC1.COc1c(F)cc(-c2c(F)cc(F)cc2F)cc1F.F. The van der Waals surface area contributed by atoms with Gasteiger partial charge in [-0.05, 0) is 36.0 Å². The molecule has 0 unspecified atom stereocenters. The van der Waals surface area contributed by atoms with Crippen molar-refractivity contribution in [1.82, 2.24) is 0 Å². The molecule has 32 heavy (non-hydrogen) atoms. The fraction of sp³-hybridized carbons (Fsp3) is 0.500. The molecule has 0 N–H and O–H groups in total. The molecule has 0 bridgehead atoms. The van der Waals surface area contributed by atoms with Crippen molar-refractivity contribution < 1.29 is 35.8 Å². The summed E-state index contributed by atoms with van der Waals surface area (Å²) in [5, 5.41) is 0. The van der Waals surface area contributed by atoms with E-state index in [1.54, 1.807) is 0 Å². The second-order valence-electron chi connectivity index (χ2n) is 7.87. The first kappa shape index (κ1) is 27.8. The lowest BCUT2D eigenvalue weighted by Gasteiger charge is -2.27. The molecule has 0 radical (unpaired) electrons. The summed E-state index contributed by atoms with van der Waals surface area (Å²) >= 11 is 0. The topological polar surface area (TPSA) is 9.23 Å². The van der Waals surface area contributed by atoms with E-state index < -0.39 is 40.4 Å². The van der Waals surface area contributed by atoms with Crippen LogP contribution >= 0.6 is 0 Å². The smallest absolute Gasteiger partial charge is 0.190 e. The highest BCUT2D eigenvalue weighted by atomic mass is 19.2. The molecule has 1 saturated carbocycles. The molecule has 1 fully saturated rings. The number of hydrogen-bond donors (Lipinski definition) is 0. The first-order valence-corrected chi connectivity index (χ1v) is 10.5. The van der Waals surface area contributed by atoms with Gasteiger partial charge in [0.15, 0.2) is 17.4 Å². The predicted octanol–water partition coefficient (Wildman–Crippen LogP) is 8.16. The van der Waals surface area contributed by atoms with Gasteiger partial charge in [-0.15, -0.1) is 0 Å². The van der Waals surface area contributed by atoms with Crippen LogP contribution in [0.4, 0.5) is 31.0 Å². The Kier molecular flexibility index (Phi) is 11.6. The monoisotopic (exact) mass is 466 g/mol. The van der Waals surface area contributed by atoms with Gasteiger partial charge in [-0.3, -0.25) is 9.09 Å². The van der Waals surface area contributed by atoms with Gasteiger partial charge in [0.05, 0.1) is 19.3 Å². The van der Waals surface area contributed by atoms with Crippen molar-refractivity contribution in [3.05, 3.63) is 53.4 Å². The molecule has 0 heterocycles. The zero-order chi connectivity index (χ0) is 23.0. The second kappa shape index (κ2) is 13.3. The van der Waals surface area contributed by atoms with Crippen LogP contribution in [-0.4, -0.2) is 13.8 Å². The Morgan fingerprint density at radius 2 is 1.25 bits per heavy atom. The van der Waals surface area contributed by atoms with Crippen LogP contribution in [0.2, 0.25) is 0 Å². The number of ether oxygens (including phenoxy) is 1. The van der Waals surface area contributed by atoms with Gasteiger partial charge in [0.25, 0.3) is 0 Å². The fourth-order valence-corrected chi connectivity index (χ4v) is 4.09. The highest BCUT2D eigenvalue weighted by Gasteiger charge is 2.20. The van der Waals surface area contributed by atoms with Crippen LogP contribution in [0.15, 0.2) is 24.3 Å². The Morgan fingerprint density at radius 3 is 1.66 bits per heavy atom. The third kappa shape index (κ3) is 7.41. The molecule has 1 nitrogen and oxygen atoms in total. The molecule has 0 amide bonds. The molecular formula is C24H29F7O. The number of alkyl halides is 1. The van der Waals surface area contributed by atoms with Gasteiger partial charge in [0.1, 0.15) is 17.5 Å². The minimum Gasteiger partial charge on any atom is -0.491 e. The van der Waals surface area contributed by atoms with E-state index in [0.717, 1.165) is 19.4 Å². The standard InChI is InChI=1S/C13H7F5O.C11H21F.FH/c1-19-13-10(17)2-6(3-11(13)18)12-8(15)4-7(14)5-9(12)16;1-2-3-10-4-6-11(7-5-10)8-9-12;/h2-5H,1H3;10-11H,2-9H2,1H3;1H. The third-order valence-electron chi connectivity index (χ3n) is 5.68. The zero-order valence-corrected chi connectivity index (χ0v) is 18.2. The molecule has 1 aliphatic carbocycles. The first-order valence-electron chi connectivity index (χ1n) is 10.5. The normalized spacial score (nSPS) is 17.8. The van der Waals surface area contributed by atoms with E-state index in [1.807, 2.05) is 0 Å². The Bertz CT molecular complexity index is 788. The molecule has 2 aromatic carbocycles. The van der Waals surface area contributed by atoms with Gasteiger partial charge < -0.3 is 4.74 Å². The molecule has 0 spiro atoms. The Balaban J connectivity index is 0.000000342. The molecule has 180 valence electrons. The predicted molar refractivity (Wildman–Crippen MR) is 112 cm³/mol. The molecular weight excluding hydrogens is 437 g/mol. The summed E-state index contributed by atoms with van der Waals surface area (Å²) in [4.78, 5) is 0. The molecule has 8 heteroatoms. The number of benzene rings is 2. The quantitative estimate of drug-likeness (QED) is 0.390. The number of hydrogen-bond acceptors (Lipinski definition) is 1. The molecule has 0 saturated heterocycles. The maximum atomic E-state index is 13.5. The largest absolute Gasteiger partial charge is 0.491 e. The van der Waals surface area contributed by atoms with Crippen molar-refractivity contribution in [3.63, 3.8) is 0 Å². The van der Waals surface area contributed by atoms with Crippen LogP contribution < -0.4 is 4.74 Å². The van der Waals surface area contributed by atoms with Gasteiger partial charge in [-0.1, -0.05) is 45.4 Å². The highest BCUT2D eigenvalue weighted by Crippen LogP contribution is 2.33. The summed E-state index contributed by atoms with van der Waals surface area (Å²) in [6.45, 7) is 2.15. The summed E-state index contributed by atoms with van der Waals surface area (Å²) in [5.74, 6) is -4.82. The summed E-state index contributed by atoms with van der Waals surface area (Å²) in [7, 11) is 1.06. The minimum absolute atomic E-state index is 0. The van der Waals surface area contributed by atoms with E-state index in [-0.39, 0.29) is 16.9 Å².